The Hall–Kier alpha value is -1.51. The van der Waals surface area contributed by atoms with Crippen molar-refractivity contribution >= 4 is 11.6 Å². The van der Waals surface area contributed by atoms with E-state index in [0.29, 0.717) is 12.1 Å². The fourth-order valence-electron chi connectivity index (χ4n) is 2.84. The molecular formula is C17H26N2O. The van der Waals surface area contributed by atoms with E-state index in [1.54, 1.807) is 0 Å². The molecule has 1 fully saturated rings. The summed E-state index contributed by atoms with van der Waals surface area (Å²) in [6, 6.07) is 8.53. The van der Waals surface area contributed by atoms with Crippen LogP contribution in [0.5, 0.6) is 0 Å². The lowest BCUT2D eigenvalue weighted by Crippen LogP contribution is -2.38. The predicted octanol–water partition coefficient (Wildman–Crippen LogP) is 3.91. The number of benzene rings is 1. The molecule has 0 aliphatic carbocycles. The molecule has 1 aliphatic heterocycles. The Bertz CT molecular complexity index is 456. The third-order valence-electron chi connectivity index (χ3n) is 3.92. The molecule has 0 spiro atoms. The van der Waals surface area contributed by atoms with Crippen molar-refractivity contribution in [2.24, 2.45) is 0 Å². The lowest BCUT2D eigenvalue weighted by molar-refractivity contribution is 0.0699. The Labute approximate surface area is 122 Å². The summed E-state index contributed by atoms with van der Waals surface area (Å²) in [4.78, 5) is 14.9. The highest BCUT2D eigenvalue weighted by Crippen LogP contribution is 2.23. The molecule has 0 saturated carbocycles. The van der Waals surface area contributed by atoms with E-state index < -0.39 is 0 Å². The van der Waals surface area contributed by atoms with Gasteiger partial charge < -0.3 is 10.2 Å². The molecule has 20 heavy (non-hydrogen) atoms. The van der Waals surface area contributed by atoms with Crippen molar-refractivity contribution in [3.8, 4) is 0 Å². The number of hydrogen-bond acceptors (Lipinski definition) is 2. The maximum absolute atomic E-state index is 12.9. The monoisotopic (exact) mass is 274 g/mol. The van der Waals surface area contributed by atoms with E-state index in [2.05, 4.69) is 26.1 Å². The SMILES string of the molecule is CC(C)Nc1ccccc1C(=O)N1CCCCCC1C. The fourth-order valence-corrected chi connectivity index (χ4v) is 2.84. The van der Waals surface area contributed by atoms with Gasteiger partial charge in [-0.2, -0.15) is 0 Å². The molecule has 1 aromatic carbocycles. The zero-order valence-corrected chi connectivity index (χ0v) is 12.9. The molecule has 1 saturated heterocycles. The first kappa shape index (κ1) is 14.9. The number of carbonyl (C=O) groups is 1. The zero-order chi connectivity index (χ0) is 14.5. The predicted molar refractivity (Wildman–Crippen MR) is 84.2 cm³/mol. The third-order valence-corrected chi connectivity index (χ3v) is 3.92. The van der Waals surface area contributed by atoms with Gasteiger partial charge in [0.15, 0.2) is 0 Å². The van der Waals surface area contributed by atoms with Crippen LogP contribution in [0.1, 0.15) is 56.8 Å². The van der Waals surface area contributed by atoms with Gasteiger partial charge in [-0.3, -0.25) is 4.79 Å². The van der Waals surface area contributed by atoms with Gasteiger partial charge in [0.05, 0.1) is 5.56 Å². The Kier molecular flexibility index (Phi) is 5.05. The Morgan fingerprint density at radius 1 is 1.25 bits per heavy atom. The first-order chi connectivity index (χ1) is 9.59. The minimum atomic E-state index is 0.170. The van der Waals surface area contributed by atoms with Gasteiger partial charge in [-0.05, 0) is 45.7 Å². The van der Waals surface area contributed by atoms with Crippen LogP contribution < -0.4 is 5.32 Å². The summed E-state index contributed by atoms with van der Waals surface area (Å²) >= 11 is 0. The number of carbonyl (C=O) groups excluding carboxylic acids is 1. The van der Waals surface area contributed by atoms with Gasteiger partial charge in [-0.1, -0.05) is 25.0 Å². The summed E-state index contributed by atoms with van der Waals surface area (Å²) in [6.07, 6.45) is 4.71. The second kappa shape index (κ2) is 6.78. The van der Waals surface area contributed by atoms with Crippen LogP contribution in [0.2, 0.25) is 0 Å². The number of nitrogens with zero attached hydrogens (tertiary/aromatic N) is 1. The molecular weight excluding hydrogens is 248 g/mol. The Morgan fingerprint density at radius 2 is 2.00 bits per heavy atom. The molecule has 1 atom stereocenters. The molecule has 0 radical (unpaired) electrons. The molecule has 0 bridgehead atoms. The van der Waals surface area contributed by atoms with Gasteiger partial charge in [0.1, 0.15) is 0 Å². The number of nitrogens with one attached hydrogen (secondary N) is 1. The van der Waals surface area contributed by atoms with E-state index in [4.69, 9.17) is 0 Å². The van der Waals surface area contributed by atoms with Crippen LogP contribution in [0.3, 0.4) is 0 Å². The molecule has 110 valence electrons. The van der Waals surface area contributed by atoms with Crippen molar-refractivity contribution < 1.29 is 4.79 Å². The van der Waals surface area contributed by atoms with Gasteiger partial charge in [0.25, 0.3) is 5.91 Å². The molecule has 2 rings (SSSR count). The molecule has 1 unspecified atom stereocenters. The summed E-state index contributed by atoms with van der Waals surface area (Å²) in [6.45, 7) is 7.24. The van der Waals surface area contributed by atoms with Crippen LogP contribution in [-0.2, 0) is 0 Å². The van der Waals surface area contributed by atoms with Crippen molar-refractivity contribution in [3.05, 3.63) is 29.8 Å². The molecule has 0 aromatic heterocycles. The number of para-hydroxylation sites is 1. The maximum Gasteiger partial charge on any atom is 0.256 e. The molecule has 1 amide bonds. The van der Waals surface area contributed by atoms with Crippen molar-refractivity contribution in [2.45, 2.75) is 58.5 Å². The van der Waals surface area contributed by atoms with Gasteiger partial charge in [0, 0.05) is 24.3 Å². The van der Waals surface area contributed by atoms with Crippen molar-refractivity contribution in [2.75, 3.05) is 11.9 Å². The smallest absolute Gasteiger partial charge is 0.256 e. The lowest BCUT2D eigenvalue weighted by atomic mass is 10.1. The summed E-state index contributed by atoms with van der Waals surface area (Å²) < 4.78 is 0. The normalized spacial score (nSPS) is 19.8. The molecule has 1 heterocycles. The highest BCUT2D eigenvalue weighted by atomic mass is 16.2. The van der Waals surface area contributed by atoms with Crippen LogP contribution in [0.4, 0.5) is 5.69 Å². The minimum Gasteiger partial charge on any atom is -0.382 e. The average Bonchev–Trinajstić information content (AvgIpc) is 2.62. The van der Waals surface area contributed by atoms with E-state index in [1.807, 2.05) is 29.2 Å². The van der Waals surface area contributed by atoms with E-state index in [1.165, 1.54) is 12.8 Å². The van der Waals surface area contributed by atoms with Gasteiger partial charge in [0.2, 0.25) is 0 Å². The lowest BCUT2D eigenvalue weighted by Gasteiger charge is -2.28. The minimum absolute atomic E-state index is 0.170. The number of likely N-dealkylation sites (tertiary alicyclic amines) is 1. The first-order valence-electron chi connectivity index (χ1n) is 7.76. The molecule has 3 nitrogen and oxygen atoms in total. The highest BCUT2D eigenvalue weighted by Gasteiger charge is 2.24. The van der Waals surface area contributed by atoms with Crippen molar-refractivity contribution in [1.29, 1.82) is 0 Å². The summed E-state index contributed by atoms with van der Waals surface area (Å²) in [5, 5.41) is 3.38. The van der Waals surface area contributed by atoms with Gasteiger partial charge in [-0.15, -0.1) is 0 Å². The zero-order valence-electron chi connectivity index (χ0n) is 12.9. The van der Waals surface area contributed by atoms with Crippen LogP contribution in [-0.4, -0.2) is 29.4 Å². The summed E-state index contributed by atoms with van der Waals surface area (Å²) in [5.41, 5.74) is 1.75. The first-order valence-corrected chi connectivity index (χ1v) is 7.76. The molecule has 1 aromatic rings. The Morgan fingerprint density at radius 3 is 2.75 bits per heavy atom. The average molecular weight is 274 g/mol. The largest absolute Gasteiger partial charge is 0.382 e. The second-order valence-corrected chi connectivity index (χ2v) is 6.04. The molecule has 1 aliphatic rings. The quantitative estimate of drug-likeness (QED) is 0.906. The van der Waals surface area contributed by atoms with Crippen molar-refractivity contribution in [1.82, 2.24) is 4.90 Å². The number of hydrogen-bond donors (Lipinski definition) is 1. The second-order valence-electron chi connectivity index (χ2n) is 6.04. The third kappa shape index (κ3) is 3.53. The highest BCUT2D eigenvalue weighted by molar-refractivity contribution is 5.99. The number of rotatable bonds is 3. The maximum atomic E-state index is 12.9. The van der Waals surface area contributed by atoms with E-state index in [-0.39, 0.29) is 5.91 Å². The van der Waals surface area contributed by atoms with Gasteiger partial charge in [-0.25, -0.2) is 0 Å². The van der Waals surface area contributed by atoms with Crippen LogP contribution >= 0.6 is 0 Å². The Balaban J connectivity index is 2.23. The van der Waals surface area contributed by atoms with E-state index in [0.717, 1.165) is 30.6 Å². The van der Waals surface area contributed by atoms with Crippen LogP contribution in [0, 0.1) is 0 Å². The topological polar surface area (TPSA) is 32.3 Å². The molecule has 3 heteroatoms. The van der Waals surface area contributed by atoms with E-state index in [9.17, 15) is 4.79 Å². The van der Waals surface area contributed by atoms with Gasteiger partial charge >= 0.3 is 0 Å². The van der Waals surface area contributed by atoms with Crippen LogP contribution in [0.15, 0.2) is 24.3 Å². The fraction of sp³-hybridized carbons (Fsp3) is 0.588. The van der Waals surface area contributed by atoms with Crippen LogP contribution in [0.25, 0.3) is 0 Å². The standard InChI is InChI=1S/C17H26N2O/c1-13(2)18-16-11-7-6-10-15(16)17(20)19-12-8-4-5-9-14(19)3/h6-7,10-11,13-14,18H,4-5,8-9,12H2,1-3H3. The number of anilines is 1. The molecule has 1 N–H and O–H groups in total. The number of amides is 1. The summed E-state index contributed by atoms with van der Waals surface area (Å²) in [7, 11) is 0. The van der Waals surface area contributed by atoms with Crippen molar-refractivity contribution in [3.63, 3.8) is 0 Å². The van der Waals surface area contributed by atoms with E-state index >= 15 is 0 Å². The summed E-state index contributed by atoms with van der Waals surface area (Å²) in [5.74, 6) is 0.170.